The molecule has 316 valence electrons. The van der Waals surface area contributed by atoms with Crippen molar-refractivity contribution in [3.63, 3.8) is 0 Å². The first-order valence-corrected chi connectivity index (χ1v) is 23.5. The summed E-state index contributed by atoms with van der Waals surface area (Å²) in [6.45, 7) is 35.7. The second-order valence-corrected chi connectivity index (χ2v) is 24.6. The van der Waals surface area contributed by atoms with Gasteiger partial charge in [-0.2, -0.15) is 0 Å². The molecule has 2 unspecified atom stereocenters. The highest BCUT2D eigenvalue weighted by Gasteiger charge is 2.50. The van der Waals surface area contributed by atoms with E-state index in [1.807, 2.05) is 0 Å². The summed E-state index contributed by atoms with van der Waals surface area (Å²) in [5.74, 6) is 0.606. The molecule has 5 aliphatic carbocycles. The highest BCUT2D eigenvalue weighted by atomic mass is 14.5. The smallest absolute Gasteiger partial charge is 0.0212 e. The van der Waals surface area contributed by atoms with Crippen LogP contribution in [0.15, 0.2) is 131 Å². The van der Waals surface area contributed by atoms with E-state index >= 15 is 0 Å². The van der Waals surface area contributed by atoms with Crippen LogP contribution in [0.4, 0.5) is 0 Å². The number of allylic oxidation sites excluding steroid dienone is 12. The standard InChI is InChI=1S/C62H68/c1-58(2,3)39-20-21-44-45-22-24-47-55-48(25-23-46(54(45)55)49(44)34-39)57-53(38-28-42(61(10,11)12)33-43(29-38)62(13,14)15)51-31-36-19-17-16-18-35(36)30-50(51)52(56(47)57)37-26-40(59(4,5)6)32-41(27-37)60(7,8)9/h16-19,22-34,54-55H,20-21H2,1-15H3. The van der Waals surface area contributed by atoms with Crippen LogP contribution in [0.2, 0.25) is 0 Å². The average Bonchev–Trinajstić information content (AvgIpc) is 3.69. The summed E-state index contributed by atoms with van der Waals surface area (Å²) in [5.41, 5.74) is 24.9. The first-order valence-electron chi connectivity index (χ1n) is 23.5. The molecule has 0 nitrogen and oxygen atoms in total. The molecule has 0 heterocycles. The highest BCUT2D eigenvalue weighted by Crippen LogP contribution is 2.66. The van der Waals surface area contributed by atoms with Gasteiger partial charge < -0.3 is 0 Å². The Morgan fingerprint density at radius 1 is 0.387 bits per heavy atom. The van der Waals surface area contributed by atoms with Crippen molar-refractivity contribution in [2.75, 3.05) is 0 Å². The molecule has 62 heavy (non-hydrogen) atoms. The lowest BCUT2D eigenvalue weighted by atomic mass is 9.71. The predicted molar refractivity (Wildman–Crippen MR) is 270 cm³/mol. The van der Waals surface area contributed by atoms with Gasteiger partial charge in [-0.1, -0.05) is 200 Å². The molecule has 0 heteroatoms. The second kappa shape index (κ2) is 13.3. The van der Waals surface area contributed by atoms with E-state index in [1.165, 1.54) is 99.5 Å². The number of hydrogen-bond donors (Lipinski definition) is 0. The molecular formula is C62H68. The molecule has 5 aliphatic rings. The Morgan fingerprint density at radius 3 is 1.18 bits per heavy atom. The Labute approximate surface area is 373 Å². The third kappa shape index (κ3) is 6.36. The van der Waals surface area contributed by atoms with E-state index < -0.39 is 0 Å². The van der Waals surface area contributed by atoms with Crippen LogP contribution in [0.25, 0.3) is 54.9 Å². The largest absolute Gasteiger partial charge is 0.0639 e. The average molecular weight is 813 g/mol. The van der Waals surface area contributed by atoms with Gasteiger partial charge in [-0.25, -0.2) is 0 Å². The summed E-state index contributed by atoms with van der Waals surface area (Å²) in [4.78, 5) is 0. The lowest BCUT2D eigenvalue weighted by Crippen LogP contribution is -2.20. The Hall–Kier alpha value is -4.94. The molecule has 2 atom stereocenters. The van der Waals surface area contributed by atoms with Crippen LogP contribution in [0, 0.1) is 17.3 Å². The lowest BCUT2D eigenvalue weighted by molar-refractivity contribution is 0.479. The normalized spacial score (nSPS) is 19.8. The zero-order valence-electron chi connectivity index (χ0n) is 40.4. The van der Waals surface area contributed by atoms with Crippen molar-refractivity contribution in [3.05, 3.63) is 164 Å². The zero-order chi connectivity index (χ0) is 44.2. The number of rotatable bonds is 2. The van der Waals surface area contributed by atoms with E-state index in [0.29, 0.717) is 5.92 Å². The molecule has 0 aliphatic heterocycles. The molecular weight excluding hydrogens is 745 g/mol. The van der Waals surface area contributed by atoms with Crippen molar-refractivity contribution < 1.29 is 0 Å². The molecule has 0 spiro atoms. The van der Waals surface area contributed by atoms with Gasteiger partial charge in [0.2, 0.25) is 0 Å². The maximum absolute atomic E-state index is 2.60. The summed E-state index contributed by atoms with van der Waals surface area (Å²) in [5, 5.41) is 5.29. The van der Waals surface area contributed by atoms with Gasteiger partial charge in [-0.15, -0.1) is 0 Å². The van der Waals surface area contributed by atoms with Crippen molar-refractivity contribution in [2.45, 2.75) is 138 Å². The van der Waals surface area contributed by atoms with Crippen LogP contribution in [-0.2, 0) is 21.7 Å². The Balaban J connectivity index is 1.39. The quantitative estimate of drug-likeness (QED) is 0.156. The Morgan fingerprint density at radius 2 is 0.774 bits per heavy atom. The summed E-state index contributed by atoms with van der Waals surface area (Å²) in [6.07, 6.45) is 15.1. The maximum Gasteiger partial charge on any atom is 0.0212 e. The third-order valence-corrected chi connectivity index (χ3v) is 15.1. The summed E-state index contributed by atoms with van der Waals surface area (Å²) < 4.78 is 0. The fraction of sp³-hybridized carbons (Fsp3) is 0.387. The number of benzene rings is 5. The van der Waals surface area contributed by atoms with E-state index in [4.69, 9.17) is 0 Å². The van der Waals surface area contributed by atoms with Crippen molar-refractivity contribution in [3.8, 4) is 22.3 Å². The first kappa shape index (κ1) is 41.1. The first-order chi connectivity index (χ1) is 28.9. The minimum Gasteiger partial charge on any atom is -0.0639 e. The van der Waals surface area contributed by atoms with Crippen LogP contribution in [0.3, 0.4) is 0 Å². The van der Waals surface area contributed by atoms with Gasteiger partial charge in [0.15, 0.2) is 0 Å². The molecule has 0 amide bonds. The fourth-order valence-corrected chi connectivity index (χ4v) is 11.4. The van der Waals surface area contributed by atoms with E-state index in [1.54, 1.807) is 16.7 Å². The number of hydrogen-bond acceptors (Lipinski definition) is 0. The molecule has 0 radical (unpaired) electrons. The lowest BCUT2D eigenvalue weighted by Gasteiger charge is -2.32. The molecule has 0 saturated carbocycles. The van der Waals surface area contributed by atoms with Crippen molar-refractivity contribution in [1.82, 2.24) is 0 Å². The minimum atomic E-state index is -0.0104. The van der Waals surface area contributed by atoms with Gasteiger partial charge in [0.1, 0.15) is 0 Å². The van der Waals surface area contributed by atoms with Crippen molar-refractivity contribution in [2.24, 2.45) is 17.3 Å². The predicted octanol–water partition coefficient (Wildman–Crippen LogP) is 17.5. The van der Waals surface area contributed by atoms with Gasteiger partial charge in [0, 0.05) is 11.8 Å². The van der Waals surface area contributed by atoms with Crippen LogP contribution in [-0.4, -0.2) is 0 Å². The maximum atomic E-state index is 2.60. The SMILES string of the molecule is CC(C)(C)C1=CC2=C(CC1)C1=CC=C3c4c(c(-c5cc(C(C)(C)C)cc(C(C)(C)C)c5)c5cc6ccccc6cc5c4-c4cc(C(C)(C)C)cc(C(C)(C)C)c4)C4=CC=C2C1C43. The zero-order valence-corrected chi connectivity index (χ0v) is 40.4. The molecule has 10 rings (SSSR count). The minimum absolute atomic E-state index is 0.0104. The van der Waals surface area contributed by atoms with Gasteiger partial charge in [-0.3, -0.25) is 0 Å². The summed E-state index contributed by atoms with van der Waals surface area (Å²) >= 11 is 0. The molecule has 5 aromatic rings. The van der Waals surface area contributed by atoms with Gasteiger partial charge in [0.05, 0.1) is 0 Å². The van der Waals surface area contributed by atoms with Crippen molar-refractivity contribution >= 4 is 32.7 Å². The molecule has 0 saturated heterocycles. The summed E-state index contributed by atoms with van der Waals surface area (Å²) in [7, 11) is 0. The Kier molecular flexibility index (Phi) is 8.81. The van der Waals surface area contributed by atoms with Crippen LogP contribution in [0.5, 0.6) is 0 Å². The molecule has 0 bridgehead atoms. The van der Waals surface area contributed by atoms with Gasteiger partial charge in [-0.05, 0) is 163 Å². The van der Waals surface area contributed by atoms with Gasteiger partial charge in [0.25, 0.3) is 0 Å². The van der Waals surface area contributed by atoms with Crippen LogP contribution >= 0.6 is 0 Å². The third-order valence-electron chi connectivity index (χ3n) is 15.1. The second-order valence-electron chi connectivity index (χ2n) is 24.6. The van der Waals surface area contributed by atoms with E-state index in [-0.39, 0.29) is 33.0 Å². The molecule has 0 N–H and O–H groups in total. The van der Waals surface area contributed by atoms with E-state index in [9.17, 15) is 0 Å². The number of fused-ring (bicyclic) bond motifs is 7. The van der Waals surface area contributed by atoms with Gasteiger partial charge >= 0.3 is 0 Å². The van der Waals surface area contributed by atoms with Crippen molar-refractivity contribution in [1.29, 1.82) is 0 Å². The summed E-state index contributed by atoms with van der Waals surface area (Å²) in [6, 6.07) is 29.3. The molecule has 5 aromatic carbocycles. The molecule has 0 aromatic heterocycles. The fourth-order valence-electron chi connectivity index (χ4n) is 11.4. The highest BCUT2D eigenvalue weighted by molar-refractivity contribution is 6.21. The van der Waals surface area contributed by atoms with E-state index in [0.717, 1.165) is 12.8 Å². The van der Waals surface area contributed by atoms with Crippen LogP contribution < -0.4 is 0 Å². The molecule has 0 fully saturated rings. The Bertz CT molecular complexity index is 2920. The topological polar surface area (TPSA) is 0 Å². The van der Waals surface area contributed by atoms with Crippen LogP contribution in [0.1, 0.15) is 150 Å². The monoisotopic (exact) mass is 813 g/mol. The van der Waals surface area contributed by atoms with E-state index in [2.05, 4.69) is 207 Å².